The fourth-order valence-electron chi connectivity index (χ4n) is 2.93. The first-order valence-electron chi connectivity index (χ1n) is 7.14. The van der Waals surface area contributed by atoms with Crippen molar-refractivity contribution in [2.45, 2.75) is 58.8 Å². The summed E-state index contributed by atoms with van der Waals surface area (Å²) in [6.07, 6.45) is 5.78. The van der Waals surface area contributed by atoms with Crippen LogP contribution in [0.15, 0.2) is 10.9 Å². The van der Waals surface area contributed by atoms with E-state index in [4.69, 9.17) is 0 Å². The lowest BCUT2D eigenvalue weighted by Gasteiger charge is -2.26. The second kappa shape index (κ2) is 5.68. The van der Waals surface area contributed by atoms with E-state index in [1.54, 1.807) is 6.07 Å². The Morgan fingerprint density at radius 2 is 2.22 bits per heavy atom. The van der Waals surface area contributed by atoms with Gasteiger partial charge in [0, 0.05) is 17.7 Å². The van der Waals surface area contributed by atoms with E-state index in [1.807, 2.05) is 0 Å². The highest BCUT2D eigenvalue weighted by Gasteiger charge is 2.22. The van der Waals surface area contributed by atoms with Gasteiger partial charge in [-0.2, -0.15) is 0 Å². The summed E-state index contributed by atoms with van der Waals surface area (Å²) >= 11 is 0. The molecule has 1 fully saturated rings. The van der Waals surface area contributed by atoms with Crippen molar-refractivity contribution in [3.8, 4) is 0 Å². The van der Waals surface area contributed by atoms with Crippen molar-refractivity contribution in [1.82, 2.24) is 9.97 Å². The molecule has 0 aromatic carbocycles. The predicted molar refractivity (Wildman–Crippen MR) is 73.8 cm³/mol. The van der Waals surface area contributed by atoms with Crippen LogP contribution in [0.2, 0.25) is 0 Å². The van der Waals surface area contributed by atoms with Crippen LogP contribution >= 0.6 is 0 Å². The van der Waals surface area contributed by atoms with Crippen LogP contribution in [0, 0.1) is 11.8 Å². The van der Waals surface area contributed by atoms with E-state index >= 15 is 0 Å². The molecule has 1 saturated carbocycles. The molecule has 0 radical (unpaired) electrons. The molecule has 3 nitrogen and oxygen atoms in total. The maximum Gasteiger partial charge on any atom is 0.251 e. The minimum Gasteiger partial charge on any atom is -0.310 e. The van der Waals surface area contributed by atoms with Gasteiger partial charge in [-0.1, -0.05) is 33.6 Å². The SMILES string of the molecule is CC(C)Cc1cc(=O)[nH]c(C2CCCC(C)C2)n1. The zero-order chi connectivity index (χ0) is 13.1. The maximum atomic E-state index is 11.7. The predicted octanol–water partition coefficient (Wildman–Crippen LogP) is 3.26. The Labute approximate surface area is 109 Å². The van der Waals surface area contributed by atoms with Crippen LogP contribution in [-0.4, -0.2) is 9.97 Å². The van der Waals surface area contributed by atoms with Crippen LogP contribution in [0.3, 0.4) is 0 Å². The first-order chi connectivity index (χ1) is 8.54. The quantitative estimate of drug-likeness (QED) is 0.892. The lowest BCUT2D eigenvalue weighted by atomic mass is 9.82. The first-order valence-corrected chi connectivity index (χ1v) is 7.14. The largest absolute Gasteiger partial charge is 0.310 e. The van der Waals surface area contributed by atoms with Crippen molar-refractivity contribution in [1.29, 1.82) is 0 Å². The second-order valence-electron chi connectivity index (χ2n) is 6.19. The highest BCUT2D eigenvalue weighted by molar-refractivity contribution is 5.07. The van der Waals surface area contributed by atoms with Crippen LogP contribution in [0.1, 0.15) is 63.9 Å². The molecule has 100 valence electrons. The van der Waals surface area contributed by atoms with Crippen molar-refractivity contribution < 1.29 is 0 Å². The van der Waals surface area contributed by atoms with E-state index in [0.29, 0.717) is 11.8 Å². The number of hydrogen-bond acceptors (Lipinski definition) is 2. The minimum absolute atomic E-state index is 0.00822. The number of H-pyrrole nitrogens is 1. The van der Waals surface area contributed by atoms with Gasteiger partial charge in [0.25, 0.3) is 5.56 Å². The third kappa shape index (κ3) is 3.44. The summed E-state index contributed by atoms with van der Waals surface area (Å²) in [6, 6.07) is 1.65. The highest BCUT2D eigenvalue weighted by Crippen LogP contribution is 2.33. The summed E-state index contributed by atoms with van der Waals surface area (Å²) in [5, 5.41) is 0. The molecular formula is C15H24N2O. The third-order valence-corrected chi connectivity index (χ3v) is 3.75. The van der Waals surface area contributed by atoms with E-state index < -0.39 is 0 Å². The molecule has 0 aliphatic heterocycles. The van der Waals surface area contributed by atoms with Gasteiger partial charge in [0.05, 0.1) is 0 Å². The van der Waals surface area contributed by atoms with Crippen LogP contribution in [0.25, 0.3) is 0 Å². The zero-order valence-electron chi connectivity index (χ0n) is 11.7. The average Bonchev–Trinajstić information content (AvgIpc) is 2.27. The molecule has 1 heterocycles. The highest BCUT2D eigenvalue weighted by atomic mass is 16.1. The molecule has 3 heteroatoms. The molecule has 1 aliphatic carbocycles. The average molecular weight is 248 g/mol. The minimum atomic E-state index is 0.00822. The fourth-order valence-corrected chi connectivity index (χ4v) is 2.93. The van der Waals surface area contributed by atoms with Gasteiger partial charge in [0.1, 0.15) is 5.82 Å². The van der Waals surface area contributed by atoms with Crippen LogP contribution in [0.4, 0.5) is 0 Å². The molecule has 1 aliphatic rings. The van der Waals surface area contributed by atoms with Crippen molar-refractivity contribution >= 4 is 0 Å². The van der Waals surface area contributed by atoms with Gasteiger partial charge >= 0.3 is 0 Å². The number of aromatic amines is 1. The van der Waals surface area contributed by atoms with E-state index in [9.17, 15) is 4.79 Å². The van der Waals surface area contributed by atoms with Gasteiger partial charge < -0.3 is 4.98 Å². The molecule has 2 atom stereocenters. The van der Waals surface area contributed by atoms with E-state index in [-0.39, 0.29) is 5.56 Å². The first kappa shape index (κ1) is 13.3. The van der Waals surface area contributed by atoms with Crippen LogP contribution in [-0.2, 0) is 6.42 Å². The smallest absolute Gasteiger partial charge is 0.251 e. The number of nitrogens with zero attached hydrogens (tertiary/aromatic N) is 1. The monoisotopic (exact) mass is 248 g/mol. The second-order valence-corrected chi connectivity index (χ2v) is 6.19. The standard InChI is InChI=1S/C15H24N2O/c1-10(2)7-13-9-14(18)17-15(16-13)12-6-4-5-11(3)8-12/h9-12H,4-8H2,1-3H3,(H,16,17,18). The maximum absolute atomic E-state index is 11.7. The Kier molecular flexibility index (Phi) is 4.20. The molecule has 1 N–H and O–H groups in total. The molecule has 0 saturated heterocycles. The summed E-state index contributed by atoms with van der Waals surface area (Å²) in [5.74, 6) is 2.67. The third-order valence-electron chi connectivity index (χ3n) is 3.75. The summed E-state index contributed by atoms with van der Waals surface area (Å²) in [5.41, 5.74) is 0.954. The topological polar surface area (TPSA) is 45.8 Å². The molecule has 1 aromatic heterocycles. The van der Waals surface area contributed by atoms with E-state index in [2.05, 4.69) is 30.7 Å². The van der Waals surface area contributed by atoms with Crippen molar-refractivity contribution in [3.05, 3.63) is 27.9 Å². The van der Waals surface area contributed by atoms with E-state index in [0.717, 1.165) is 30.3 Å². The lowest BCUT2D eigenvalue weighted by molar-refractivity contribution is 0.334. The van der Waals surface area contributed by atoms with Crippen LogP contribution in [0.5, 0.6) is 0 Å². The summed E-state index contributed by atoms with van der Waals surface area (Å²) < 4.78 is 0. The van der Waals surface area contributed by atoms with Gasteiger partial charge in [-0.3, -0.25) is 4.79 Å². The van der Waals surface area contributed by atoms with Gasteiger partial charge in [0.2, 0.25) is 0 Å². The Balaban J connectivity index is 2.21. The van der Waals surface area contributed by atoms with Gasteiger partial charge in [-0.15, -0.1) is 0 Å². The molecule has 18 heavy (non-hydrogen) atoms. The fraction of sp³-hybridized carbons (Fsp3) is 0.733. The van der Waals surface area contributed by atoms with E-state index in [1.165, 1.54) is 19.3 Å². The number of nitrogens with one attached hydrogen (secondary N) is 1. The summed E-state index contributed by atoms with van der Waals surface area (Å²) in [4.78, 5) is 19.3. The Morgan fingerprint density at radius 3 is 2.89 bits per heavy atom. The van der Waals surface area contributed by atoms with Crippen LogP contribution < -0.4 is 5.56 Å². The molecule has 0 spiro atoms. The summed E-state index contributed by atoms with van der Waals surface area (Å²) in [7, 11) is 0. The molecule has 1 aromatic rings. The van der Waals surface area contributed by atoms with Gasteiger partial charge in [-0.25, -0.2) is 4.98 Å². The van der Waals surface area contributed by atoms with Gasteiger partial charge in [-0.05, 0) is 31.1 Å². The molecule has 2 unspecified atom stereocenters. The number of aromatic nitrogens is 2. The molecule has 2 rings (SSSR count). The normalized spacial score (nSPS) is 24.4. The Bertz CT molecular complexity index is 450. The van der Waals surface area contributed by atoms with Crippen molar-refractivity contribution in [3.63, 3.8) is 0 Å². The van der Waals surface area contributed by atoms with Gasteiger partial charge in [0.15, 0.2) is 0 Å². The Hall–Kier alpha value is -1.12. The number of hydrogen-bond donors (Lipinski definition) is 1. The molecule has 0 amide bonds. The molecular weight excluding hydrogens is 224 g/mol. The lowest BCUT2D eigenvalue weighted by Crippen LogP contribution is -2.20. The Morgan fingerprint density at radius 1 is 1.44 bits per heavy atom. The van der Waals surface area contributed by atoms with Crippen molar-refractivity contribution in [2.24, 2.45) is 11.8 Å². The zero-order valence-corrected chi connectivity index (χ0v) is 11.7. The molecule has 0 bridgehead atoms. The van der Waals surface area contributed by atoms with Crippen molar-refractivity contribution in [2.75, 3.05) is 0 Å². The summed E-state index contributed by atoms with van der Waals surface area (Å²) in [6.45, 7) is 6.61. The number of rotatable bonds is 3.